The molecule has 96 valence electrons. The number of nitrogens with zero attached hydrogens (tertiary/aromatic N) is 2. The van der Waals surface area contributed by atoms with Crippen LogP contribution in [0.25, 0.3) is 0 Å². The lowest BCUT2D eigenvalue weighted by Gasteiger charge is -2.27. The van der Waals surface area contributed by atoms with Crippen molar-refractivity contribution in [3.63, 3.8) is 0 Å². The highest BCUT2D eigenvalue weighted by Gasteiger charge is 2.27. The Morgan fingerprint density at radius 3 is 2.61 bits per heavy atom. The number of benzene rings is 1. The van der Waals surface area contributed by atoms with Crippen LogP contribution in [-0.2, 0) is 12.1 Å². The summed E-state index contributed by atoms with van der Waals surface area (Å²) in [6.07, 6.45) is 4.13. The molecule has 0 saturated carbocycles. The smallest absolute Gasteiger partial charge is 0.104 e. The largest absolute Gasteiger partial charge is 0.384 e. The van der Waals surface area contributed by atoms with Gasteiger partial charge in [-0.1, -0.05) is 30.3 Å². The van der Waals surface area contributed by atoms with E-state index in [-0.39, 0.29) is 6.54 Å². The molecule has 0 aliphatic rings. The van der Waals surface area contributed by atoms with Gasteiger partial charge in [-0.05, 0) is 21.5 Å². The van der Waals surface area contributed by atoms with Gasteiger partial charge in [-0.3, -0.25) is 4.68 Å². The van der Waals surface area contributed by atoms with Crippen LogP contribution in [0.1, 0.15) is 12.0 Å². The molecule has 0 radical (unpaired) electrons. The van der Waals surface area contributed by atoms with E-state index >= 15 is 0 Å². The van der Waals surface area contributed by atoms with E-state index in [1.165, 1.54) is 0 Å². The van der Waals surface area contributed by atoms with Crippen molar-refractivity contribution < 1.29 is 5.11 Å². The molecule has 0 bridgehead atoms. The summed E-state index contributed by atoms with van der Waals surface area (Å²) in [5, 5.41) is 14.7. The van der Waals surface area contributed by atoms with Gasteiger partial charge in [0.2, 0.25) is 0 Å². The average molecular weight is 310 g/mol. The van der Waals surface area contributed by atoms with E-state index in [1.807, 2.05) is 36.5 Å². The zero-order valence-corrected chi connectivity index (χ0v) is 11.5. The molecule has 1 aromatic heterocycles. The molecule has 2 rings (SSSR count). The van der Waals surface area contributed by atoms with Crippen LogP contribution in [-0.4, -0.2) is 21.4 Å². The fourth-order valence-corrected chi connectivity index (χ4v) is 2.20. The van der Waals surface area contributed by atoms with Gasteiger partial charge in [0, 0.05) is 25.7 Å². The standard InChI is InChI=1S/C13H16BrN3O/c14-12-8-16-17(9-12)7-6-13(18,10-15)11-4-2-1-3-5-11/h1-5,8-9,18H,6-7,10,15H2. The Kier molecular flexibility index (Phi) is 4.16. The normalized spacial score (nSPS) is 14.4. The predicted octanol–water partition coefficient (Wildman–Crippen LogP) is 1.88. The molecule has 0 aliphatic heterocycles. The maximum absolute atomic E-state index is 10.6. The fourth-order valence-electron chi connectivity index (χ4n) is 1.87. The minimum atomic E-state index is -1.00. The first-order chi connectivity index (χ1) is 8.64. The molecule has 0 aliphatic carbocycles. The van der Waals surface area contributed by atoms with Crippen LogP contribution in [0, 0.1) is 0 Å². The highest BCUT2D eigenvalue weighted by atomic mass is 79.9. The van der Waals surface area contributed by atoms with Gasteiger partial charge >= 0.3 is 0 Å². The van der Waals surface area contributed by atoms with Gasteiger partial charge in [-0.15, -0.1) is 0 Å². The Labute approximate surface area is 115 Å². The van der Waals surface area contributed by atoms with Crippen molar-refractivity contribution >= 4 is 15.9 Å². The second-order valence-electron chi connectivity index (χ2n) is 4.27. The van der Waals surface area contributed by atoms with E-state index < -0.39 is 5.60 Å². The molecule has 0 saturated heterocycles. The molecular weight excluding hydrogens is 294 g/mol. The molecule has 1 heterocycles. The van der Waals surface area contributed by atoms with Gasteiger partial charge in [-0.25, -0.2) is 0 Å². The first-order valence-corrected chi connectivity index (χ1v) is 6.59. The lowest BCUT2D eigenvalue weighted by molar-refractivity contribution is 0.0312. The fraction of sp³-hybridized carbons (Fsp3) is 0.308. The van der Waals surface area contributed by atoms with Crippen LogP contribution < -0.4 is 5.73 Å². The summed E-state index contributed by atoms with van der Waals surface area (Å²) >= 11 is 3.34. The molecule has 3 N–H and O–H groups in total. The maximum Gasteiger partial charge on any atom is 0.104 e. The minimum absolute atomic E-state index is 0.194. The first-order valence-electron chi connectivity index (χ1n) is 5.80. The van der Waals surface area contributed by atoms with Gasteiger partial charge in [0.1, 0.15) is 5.60 Å². The van der Waals surface area contributed by atoms with E-state index in [2.05, 4.69) is 21.0 Å². The lowest BCUT2D eigenvalue weighted by Crippen LogP contribution is -2.36. The van der Waals surface area contributed by atoms with Crippen LogP contribution in [0.15, 0.2) is 47.2 Å². The van der Waals surface area contributed by atoms with Crippen molar-refractivity contribution in [3.05, 3.63) is 52.8 Å². The van der Waals surface area contributed by atoms with E-state index in [9.17, 15) is 5.11 Å². The van der Waals surface area contributed by atoms with Gasteiger partial charge in [-0.2, -0.15) is 5.10 Å². The second kappa shape index (κ2) is 5.65. The number of aliphatic hydroxyl groups is 1. The predicted molar refractivity (Wildman–Crippen MR) is 73.9 cm³/mol. The minimum Gasteiger partial charge on any atom is -0.384 e. The third-order valence-electron chi connectivity index (χ3n) is 3.01. The van der Waals surface area contributed by atoms with Gasteiger partial charge in [0.15, 0.2) is 0 Å². The summed E-state index contributed by atoms with van der Waals surface area (Å²) < 4.78 is 2.71. The Hall–Kier alpha value is -1.17. The summed E-state index contributed by atoms with van der Waals surface area (Å²) in [6, 6.07) is 9.52. The Bertz CT molecular complexity index is 500. The van der Waals surface area contributed by atoms with E-state index in [0.29, 0.717) is 13.0 Å². The molecule has 2 aromatic rings. The van der Waals surface area contributed by atoms with E-state index in [4.69, 9.17) is 5.73 Å². The third-order valence-corrected chi connectivity index (χ3v) is 3.41. The summed E-state index contributed by atoms with van der Waals surface area (Å²) in [5.41, 5.74) is 5.57. The van der Waals surface area contributed by atoms with Crippen LogP contribution in [0.5, 0.6) is 0 Å². The zero-order chi connectivity index (χ0) is 13.0. The molecular formula is C13H16BrN3O. The Morgan fingerprint density at radius 2 is 2.06 bits per heavy atom. The average Bonchev–Trinajstić information content (AvgIpc) is 2.83. The second-order valence-corrected chi connectivity index (χ2v) is 5.19. The molecule has 0 spiro atoms. The summed E-state index contributed by atoms with van der Waals surface area (Å²) in [5.74, 6) is 0. The summed E-state index contributed by atoms with van der Waals surface area (Å²) in [4.78, 5) is 0. The number of hydrogen-bond acceptors (Lipinski definition) is 3. The van der Waals surface area contributed by atoms with Crippen molar-refractivity contribution in [2.75, 3.05) is 6.54 Å². The van der Waals surface area contributed by atoms with Gasteiger partial charge < -0.3 is 10.8 Å². The zero-order valence-electron chi connectivity index (χ0n) is 9.96. The number of rotatable bonds is 5. The van der Waals surface area contributed by atoms with Crippen LogP contribution >= 0.6 is 15.9 Å². The topological polar surface area (TPSA) is 64.1 Å². The quantitative estimate of drug-likeness (QED) is 0.886. The number of nitrogens with two attached hydrogens (primary N) is 1. The third kappa shape index (κ3) is 2.98. The summed E-state index contributed by atoms with van der Waals surface area (Å²) in [6.45, 7) is 0.813. The lowest BCUT2D eigenvalue weighted by atomic mass is 9.90. The van der Waals surface area contributed by atoms with Crippen molar-refractivity contribution in [1.82, 2.24) is 9.78 Å². The van der Waals surface area contributed by atoms with Crippen molar-refractivity contribution in [3.8, 4) is 0 Å². The molecule has 1 aromatic carbocycles. The number of aromatic nitrogens is 2. The van der Waals surface area contributed by atoms with Crippen LogP contribution in [0.3, 0.4) is 0 Å². The first kappa shape index (κ1) is 13.3. The highest BCUT2D eigenvalue weighted by molar-refractivity contribution is 9.10. The molecule has 1 unspecified atom stereocenters. The molecule has 0 amide bonds. The summed E-state index contributed by atoms with van der Waals surface area (Å²) in [7, 11) is 0. The SMILES string of the molecule is NCC(O)(CCn1cc(Br)cn1)c1ccccc1. The maximum atomic E-state index is 10.6. The van der Waals surface area contributed by atoms with E-state index in [0.717, 1.165) is 10.0 Å². The molecule has 0 fully saturated rings. The number of hydrogen-bond donors (Lipinski definition) is 2. The molecule has 4 nitrogen and oxygen atoms in total. The van der Waals surface area contributed by atoms with Crippen molar-refractivity contribution in [2.45, 2.75) is 18.6 Å². The molecule has 1 atom stereocenters. The van der Waals surface area contributed by atoms with Gasteiger partial charge in [0.05, 0.1) is 10.7 Å². The monoisotopic (exact) mass is 309 g/mol. The number of aryl methyl sites for hydroxylation is 1. The highest BCUT2D eigenvalue weighted by Crippen LogP contribution is 2.24. The van der Waals surface area contributed by atoms with Crippen LogP contribution in [0.2, 0.25) is 0 Å². The number of halogens is 1. The van der Waals surface area contributed by atoms with Crippen molar-refractivity contribution in [2.24, 2.45) is 5.73 Å². The van der Waals surface area contributed by atoms with Crippen LogP contribution in [0.4, 0.5) is 0 Å². The van der Waals surface area contributed by atoms with Crippen molar-refractivity contribution in [1.29, 1.82) is 0 Å². The van der Waals surface area contributed by atoms with Gasteiger partial charge in [0.25, 0.3) is 0 Å². The molecule has 18 heavy (non-hydrogen) atoms. The Balaban J connectivity index is 2.09. The Morgan fingerprint density at radius 1 is 1.33 bits per heavy atom. The molecule has 5 heteroatoms. The van der Waals surface area contributed by atoms with E-state index in [1.54, 1.807) is 10.9 Å².